The van der Waals surface area contributed by atoms with E-state index in [1.165, 1.54) is 5.56 Å². The van der Waals surface area contributed by atoms with E-state index in [0.717, 1.165) is 17.2 Å². The maximum Gasteiger partial charge on any atom is 0.134 e. The third-order valence-corrected chi connectivity index (χ3v) is 2.36. The number of pyridine rings is 1. The molecule has 0 saturated heterocycles. The first kappa shape index (κ1) is 9.49. The Kier molecular flexibility index (Phi) is 2.52. The number of aryl methyl sites for hydroxylation is 1. The molecule has 2 rings (SSSR count). The van der Waals surface area contributed by atoms with Crippen molar-refractivity contribution in [3.8, 4) is 0 Å². The monoisotopic (exact) mass is 198 g/mol. The van der Waals surface area contributed by atoms with Crippen LogP contribution in [0.5, 0.6) is 0 Å². The maximum atomic E-state index is 8.42. The van der Waals surface area contributed by atoms with Crippen LogP contribution in [0.3, 0.4) is 0 Å². The zero-order chi connectivity index (χ0) is 10.7. The minimum atomic E-state index is 0.449. The van der Waals surface area contributed by atoms with Gasteiger partial charge in [-0.15, -0.1) is 0 Å². The summed E-state index contributed by atoms with van der Waals surface area (Å²) >= 11 is 0. The van der Waals surface area contributed by atoms with Gasteiger partial charge >= 0.3 is 0 Å². The van der Waals surface area contributed by atoms with E-state index in [4.69, 9.17) is 5.53 Å². The van der Waals surface area contributed by atoms with E-state index < -0.39 is 0 Å². The van der Waals surface area contributed by atoms with Gasteiger partial charge in [-0.2, -0.15) is 0 Å². The van der Waals surface area contributed by atoms with Gasteiger partial charge in [0.2, 0.25) is 0 Å². The zero-order valence-electron chi connectivity index (χ0n) is 8.38. The van der Waals surface area contributed by atoms with E-state index in [2.05, 4.69) is 28.0 Å². The smallest absolute Gasteiger partial charge is 0.134 e. The fraction of sp³-hybridized carbons (Fsp3) is 0.182. The SMILES string of the molecule is CCc1ccc2ccnc(N=[N+]=[N-])c2c1. The molecule has 0 radical (unpaired) electrons. The van der Waals surface area contributed by atoms with E-state index >= 15 is 0 Å². The summed E-state index contributed by atoms with van der Waals surface area (Å²) < 4.78 is 0. The maximum absolute atomic E-state index is 8.42. The molecule has 2 aromatic rings. The van der Waals surface area contributed by atoms with Gasteiger partial charge in [0.25, 0.3) is 0 Å². The first-order chi connectivity index (χ1) is 7.35. The Bertz CT molecular complexity index is 541. The van der Waals surface area contributed by atoms with Crippen molar-refractivity contribution < 1.29 is 0 Å². The number of hydrogen-bond donors (Lipinski definition) is 0. The lowest BCUT2D eigenvalue weighted by atomic mass is 10.1. The Morgan fingerprint density at radius 3 is 3.00 bits per heavy atom. The van der Waals surface area contributed by atoms with Crippen molar-refractivity contribution in [1.29, 1.82) is 0 Å². The number of rotatable bonds is 2. The Morgan fingerprint density at radius 1 is 1.40 bits per heavy atom. The molecular weight excluding hydrogens is 188 g/mol. The molecule has 0 atom stereocenters. The summed E-state index contributed by atoms with van der Waals surface area (Å²) in [6, 6.07) is 8.02. The van der Waals surface area contributed by atoms with Crippen molar-refractivity contribution in [2.24, 2.45) is 5.11 Å². The van der Waals surface area contributed by atoms with Crippen LogP contribution in [0.15, 0.2) is 35.6 Å². The van der Waals surface area contributed by atoms with Crippen LogP contribution < -0.4 is 0 Å². The molecule has 74 valence electrons. The molecule has 0 spiro atoms. The second kappa shape index (κ2) is 3.98. The van der Waals surface area contributed by atoms with Crippen LogP contribution in [0, 0.1) is 0 Å². The molecule has 1 aromatic carbocycles. The highest BCUT2D eigenvalue weighted by atomic mass is 15.2. The third kappa shape index (κ3) is 1.75. The second-order valence-electron chi connectivity index (χ2n) is 3.23. The number of hydrogen-bond acceptors (Lipinski definition) is 2. The van der Waals surface area contributed by atoms with E-state index in [1.54, 1.807) is 6.20 Å². The van der Waals surface area contributed by atoms with Gasteiger partial charge in [-0.05, 0) is 40.1 Å². The normalized spacial score (nSPS) is 9.93. The van der Waals surface area contributed by atoms with E-state index in [-0.39, 0.29) is 0 Å². The Balaban J connectivity index is 2.75. The minimum Gasteiger partial charge on any atom is -0.254 e. The number of aromatic nitrogens is 1. The largest absolute Gasteiger partial charge is 0.254 e. The highest BCUT2D eigenvalue weighted by Gasteiger charge is 2.00. The van der Waals surface area contributed by atoms with E-state index in [9.17, 15) is 0 Å². The molecule has 0 aliphatic heterocycles. The molecule has 15 heavy (non-hydrogen) atoms. The molecule has 0 aliphatic rings. The summed E-state index contributed by atoms with van der Waals surface area (Å²) in [4.78, 5) is 6.83. The lowest BCUT2D eigenvalue weighted by Gasteiger charge is -2.02. The molecule has 0 unspecified atom stereocenters. The van der Waals surface area contributed by atoms with Crippen molar-refractivity contribution in [2.45, 2.75) is 13.3 Å². The summed E-state index contributed by atoms with van der Waals surface area (Å²) in [6.45, 7) is 2.09. The van der Waals surface area contributed by atoms with Crippen molar-refractivity contribution in [3.63, 3.8) is 0 Å². The molecular formula is C11H10N4. The Labute approximate surface area is 87.2 Å². The first-order valence-electron chi connectivity index (χ1n) is 4.78. The third-order valence-electron chi connectivity index (χ3n) is 2.36. The summed E-state index contributed by atoms with van der Waals surface area (Å²) in [5.74, 6) is 0.449. The van der Waals surface area contributed by atoms with Crippen LogP contribution >= 0.6 is 0 Å². The first-order valence-corrected chi connectivity index (χ1v) is 4.78. The molecule has 4 nitrogen and oxygen atoms in total. The fourth-order valence-electron chi connectivity index (χ4n) is 1.54. The van der Waals surface area contributed by atoms with Gasteiger partial charge in [-0.25, -0.2) is 0 Å². The molecule has 0 fully saturated rings. The predicted molar refractivity (Wildman–Crippen MR) is 59.9 cm³/mol. The van der Waals surface area contributed by atoms with Gasteiger partial charge in [-0.3, -0.25) is 4.98 Å². The highest BCUT2D eigenvalue weighted by Crippen LogP contribution is 2.24. The zero-order valence-corrected chi connectivity index (χ0v) is 8.38. The summed E-state index contributed by atoms with van der Waals surface area (Å²) in [6.07, 6.45) is 2.61. The molecule has 0 aliphatic carbocycles. The Hall–Kier alpha value is -2.06. The highest BCUT2D eigenvalue weighted by molar-refractivity contribution is 5.90. The molecule has 1 heterocycles. The minimum absolute atomic E-state index is 0.449. The quantitative estimate of drug-likeness (QED) is 0.412. The van der Waals surface area contributed by atoms with Gasteiger partial charge in [-0.1, -0.05) is 19.1 Å². The van der Waals surface area contributed by atoms with Crippen molar-refractivity contribution in [3.05, 3.63) is 46.5 Å². The summed E-state index contributed by atoms with van der Waals surface area (Å²) in [7, 11) is 0. The molecule has 0 N–H and O–H groups in total. The Morgan fingerprint density at radius 2 is 2.27 bits per heavy atom. The van der Waals surface area contributed by atoms with Crippen LogP contribution in [0.4, 0.5) is 5.82 Å². The molecule has 0 bridgehead atoms. The standard InChI is InChI=1S/C11H10N4/c1-2-8-3-4-9-5-6-13-11(14-15-12)10(9)7-8/h3-7H,2H2,1H3. The van der Waals surface area contributed by atoms with E-state index in [1.807, 2.05) is 18.2 Å². The predicted octanol–water partition coefficient (Wildman–Crippen LogP) is 3.74. The van der Waals surface area contributed by atoms with Crippen molar-refractivity contribution in [2.75, 3.05) is 0 Å². The van der Waals surface area contributed by atoms with Gasteiger partial charge in [0, 0.05) is 16.5 Å². The number of benzene rings is 1. The molecule has 0 saturated carbocycles. The molecule has 0 amide bonds. The van der Waals surface area contributed by atoms with Crippen LogP contribution in [-0.4, -0.2) is 4.98 Å². The van der Waals surface area contributed by atoms with Gasteiger partial charge < -0.3 is 0 Å². The average molecular weight is 198 g/mol. The number of azide groups is 1. The fourth-order valence-corrected chi connectivity index (χ4v) is 1.54. The van der Waals surface area contributed by atoms with Gasteiger partial charge in [0.05, 0.1) is 0 Å². The van der Waals surface area contributed by atoms with Crippen LogP contribution in [0.1, 0.15) is 12.5 Å². The van der Waals surface area contributed by atoms with Gasteiger partial charge in [0.15, 0.2) is 0 Å². The topological polar surface area (TPSA) is 61.7 Å². The number of nitrogens with zero attached hydrogens (tertiary/aromatic N) is 4. The average Bonchev–Trinajstić information content (AvgIpc) is 2.29. The summed E-state index contributed by atoms with van der Waals surface area (Å²) in [5.41, 5.74) is 9.64. The molecule has 4 heteroatoms. The lowest BCUT2D eigenvalue weighted by Crippen LogP contribution is -1.82. The van der Waals surface area contributed by atoms with E-state index in [0.29, 0.717) is 5.82 Å². The van der Waals surface area contributed by atoms with Crippen molar-refractivity contribution in [1.82, 2.24) is 4.98 Å². The number of fused-ring (bicyclic) bond motifs is 1. The lowest BCUT2D eigenvalue weighted by molar-refractivity contribution is 1.14. The van der Waals surface area contributed by atoms with Crippen LogP contribution in [-0.2, 0) is 6.42 Å². The molecule has 1 aromatic heterocycles. The van der Waals surface area contributed by atoms with Crippen LogP contribution in [0.25, 0.3) is 21.2 Å². The summed E-state index contributed by atoms with van der Waals surface area (Å²) in [5, 5.41) is 5.54. The van der Waals surface area contributed by atoms with Crippen LogP contribution in [0.2, 0.25) is 0 Å². The second-order valence-corrected chi connectivity index (χ2v) is 3.23. The van der Waals surface area contributed by atoms with Gasteiger partial charge in [0.1, 0.15) is 5.82 Å². The van der Waals surface area contributed by atoms with Crippen molar-refractivity contribution >= 4 is 16.6 Å².